The van der Waals surface area contributed by atoms with Crippen LogP contribution in [0.2, 0.25) is 0 Å². The van der Waals surface area contributed by atoms with Gasteiger partial charge in [-0.15, -0.1) is 0 Å². The summed E-state index contributed by atoms with van der Waals surface area (Å²) in [5, 5.41) is 25.3. The van der Waals surface area contributed by atoms with E-state index in [1.54, 1.807) is 43.3 Å². The van der Waals surface area contributed by atoms with Gasteiger partial charge in [0.2, 0.25) is 5.75 Å². The second-order valence-electron chi connectivity index (χ2n) is 7.58. The number of carboxylic acids is 1. The summed E-state index contributed by atoms with van der Waals surface area (Å²) in [5.74, 6) is -0.693. The number of benzene rings is 3. The molecule has 182 valence electrons. The number of carboxylic acid groups (broad SMARTS) is 1. The van der Waals surface area contributed by atoms with Gasteiger partial charge >= 0.3 is 11.7 Å². The number of nitrogens with zero attached hydrogens (tertiary/aromatic N) is 4. The SMILES string of the molecule is Cc1nc2ccc(Br)cc2c(=O)n1N=Cc1cc(Br)c(OCc2ccc(C(=O)O)cc2)c([N+](=O)[O-])c1. The molecule has 0 aliphatic carbocycles. The van der Waals surface area contributed by atoms with Crippen molar-refractivity contribution in [3.63, 3.8) is 0 Å². The summed E-state index contributed by atoms with van der Waals surface area (Å²) in [7, 11) is 0. The van der Waals surface area contributed by atoms with Crippen LogP contribution in [-0.4, -0.2) is 31.9 Å². The van der Waals surface area contributed by atoms with Gasteiger partial charge in [-0.1, -0.05) is 28.1 Å². The largest absolute Gasteiger partial charge is 0.481 e. The predicted octanol–water partition coefficient (Wildman–Crippen LogP) is 5.30. The monoisotopic (exact) mass is 614 g/mol. The van der Waals surface area contributed by atoms with Gasteiger partial charge in [0.15, 0.2) is 0 Å². The third kappa shape index (κ3) is 5.34. The molecule has 36 heavy (non-hydrogen) atoms. The Morgan fingerprint density at radius 1 is 1.19 bits per heavy atom. The van der Waals surface area contributed by atoms with E-state index < -0.39 is 10.9 Å². The molecule has 0 spiro atoms. The van der Waals surface area contributed by atoms with Crippen LogP contribution in [0.1, 0.15) is 27.3 Å². The predicted molar refractivity (Wildman–Crippen MR) is 140 cm³/mol. The molecule has 0 aliphatic heterocycles. The van der Waals surface area contributed by atoms with Crippen molar-refractivity contribution in [2.45, 2.75) is 13.5 Å². The molecule has 4 aromatic rings. The zero-order valence-corrected chi connectivity index (χ0v) is 21.7. The highest BCUT2D eigenvalue weighted by molar-refractivity contribution is 9.10. The minimum atomic E-state index is -1.05. The van der Waals surface area contributed by atoms with E-state index in [-0.39, 0.29) is 29.2 Å². The molecule has 0 aliphatic rings. The quantitative estimate of drug-likeness (QED) is 0.169. The number of fused-ring (bicyclic) bond motifs is 1. The molecule has 12 heteroatoms. The van der Waals surface area contributed by atoms with E-state index in [2.05, 4.69) is 41.9 Å². The number of aryl methyl sites for hydroxylation is 1. The Bertz CT molecular complexity index is 1600. The number of hydrogen-bond acceptors (Lipinski definition) is 7. The smallest absolute Gasteiger partial charge is 0.335 e. The number of aromatic carboxylic acids is 1. The van der Waals surface area contributed by atoms with Crippen molar-refractivity contribution >= 4 is 60.6 Å². The minimum absolute atomic E-state index is 0.00466. The van der Waals surface area contributed by atoms with Gasteiger partial charge in [-0.3, -0.25) is 14.9 Å². The first-order valence-corrected chi connectivity index (χ1v) is 11.9. The Morgan fingerprint density at radius 3 is 2.58 bits per heavy atom. The van der Waals surface area contributed by atoms with Gasteiger partial charge in [0.25, 0.3) is 5.56 Å². The second kappa shape index (κ2) is 10.4. The molecule has 0 fully saturated rings. The number of halogens is 2. The van der Waals surface area contributed by atoms with Crippen LogP contribution in [0.4, 0.5) is 5.69 Å². The standard InChI is InChI=1S/C24H16Br2N4O6/c1-13-28-20-7-6-17(25)10-18(20)23(31)29(13)27-11-15-8-19(26)22(21(9-15)30(34)35)36-12-14-2-4-16(5-3-14)24(32)33/h2-11H,12H2,1H3,(H,32,33). The number of carbonyl (C=O) groups is 1. The number of ether oxygens (including phenoxy) is 1. The average molecular weight is 616 g/mol. The summed E-state index contributed by atoms with van der Waals surface area (Å²) >= 11 is 6.65. The summed E-state index contributed by atoms with van der Waals surface area (Å²) in [4.78, 5) is 39.5. The fourth-order valence-electron chi connectivity index (χ4n) is 3.37. The first-order chi connectivity index (χ1) is 17.1. The van der Waals surface area contributed by atoms with Gasteiger partial charge in [0.1, 0.15) is 12.4 Å². The lowest BCUT2D eigenvalue weighted by Gasteiger charge is -2.10. The van der Waals surface area contributed by atoms with Gasteiger partial charge in [-0.2, -0.15) is 9.78 Å². The maximum atomic E-state index is 12.9. The fraction of sp³-hybridized carbons (Fsp3) is 0.0833. The highest BCUT2D eigenvalue weighted by atomic mass is 79.9. The summed E-state index contributed by atoms with van der Waals surface area (Å²) < 4.78 is 7.84. The molecule has 0 amide bonds. The Balaban J connectivity index is 1.64. The normalized spacial score (nSPS) is 11.2. The zero-order chi connectivity index (χ0) is 26.0. The molecule has 10 nitrogen and oxygen atoms in total. The molecule has 0 unspecified atom stereocenters. The number of hydrogen-bond donors (Lipinski definition) is 1. The molecule has 0 atom stereocenters. The Kier molecular flexibility index (Phi) is 7.27. The minimum Gasteiger partial charge on any atom is -0.481 e. The Labute approximate surface area is 220 Å². The molecule has 1 aromatic heterocycles. The Morgan fingerprint density at radius 2 is 1.92 bits per heavy atom. The molecule has 1 N–H and O–H groups in total. The highest BCUT2D eigenvalue weighted by Gasteiger charge is 2.20. The molecular formula is C24H16Br2N4O6. The molecule has 0 radical (unpaired) electrons. The van der Waals surface area contributed by atoms with Crippen molar-refractivity contribution in [1.29, 1.82) is 0 Å². The average Bonchev–Trinajstić information content (AvgIpc) is 2.83. The summed E-state index contributed by atoms with van der Waals surface area (Å²) in [6.45, 7) is 1.62. The van der Waals surface area contributed by atoms with Crippen LogP contribution >= 0.6 is 31.9 Å². The maximum Gasteiger partial charge on any atom is 0.335 e. The van der Waals surface area contributed by atoms with Crippen LogP contribution in [-0.2, 0) is 6.61 Å². The summed E-state index contributed by atoms with van der Waals surface area (Å²) in [6, 6.07) is 14.0. The van der Waals surface area contributed by atoms with Crippen molar-refractivity contribution in [3.8, 4) is 5.75 Å². The first kappa shape index (κ1) is 25.2. The molecule has 0 bridgehead atoms. The van der Waals surface area contributed by atoms with Crippen LogP contribution in [0.3, 0.4) is 0 Å². The van der Waals surface area contributed by atoms with E-state index in [1.165, 1.54) is 24.4 Å². The van der Waals surface area contributed by atoms with Gasteiger partial charge in [0.05, 0.1) is 32.1 Å². The molecular weight excluding hydrogens is 600 g/mol. The van der Waals surface area contributed by atoms with Crippen LogP contribution in [0.5, 0.6) is 5.75 Å². The number of rotatable bonds is 7. The fourth-order valence-corrected chi connectivity index (χ4v) is 4.31. The maximum absolute atomic E-state index is 12.9. The van der Waals surface area contributed by atoms with Gasteiger partial charge < -0.3 is 9.84 Å². The summed E-state index contributed by atoms with van der Waals surface area (Å²) in [5.41, 5.74) is 0.961. The van der Waals surface area contributed by atoms with Crippen molar-refractivity contribution in [1.82, 2.24) is 9.66 Å². The number of nitro benzene ring substituents is 1. The molecule has 1 heterocycles. The Hall–Kier alpha value is -3.90. The van der Waals surface area contributed by atoms with Crippen LogP contribution < -0.4 is 10.3 Å². The van der Waals surface area contributed by atoms with Crippen molar-refractivity contribution in [2.75, 3.05) is 0 Å². The second-order valence-corrected chi connectivity index (χ2v) is 9.35. The lowest BCUT2D eigenvalue weighted by molar-refractivity contribution is -0.386. The molecule has 4 rings (SSSR count). The van der Waals surface area contributed by atoms with E-state index in [0.29, 0.717) is 32.3 Å². The van der Waals surface area contributed by atoms with E-state index in [4.69, 9.17) is 9.84 Å². The third-order valence-corrected chi connectivity index (χ3v) is 6.20. The topological polar surface area (TPSA) is 137 Å². The first-order valence-electron chi connectivity index (χ1n) is 10.3. The lowest BCUT2D eigenvalue weighted by atomic mass is 10.1. The van der Waals surface area contributed by atoms with Crippen molar-refractivity contribution < 1.29 is 19.6 Å². The highest BCUT2D eigenvalue weighted by Crippen LogP contribution is 2.36. The van der Waals surface area contributed by atoms with Crippen LogP contribution in [0.15, 0.2) is 73.4 Å². The van der Waals surface area contributed by atoms with E-state index >= 15 is 0 Å². The van der Waals surface area contributed by atoms with Crippen LogP contribution in [0, 0.1) is 17.0 Å². The van der Waals surface area contributed by atoms with E-state index in [9.17, 15) is 19.7 Å². The van der Waals surface area contributed by atoms with Gasteiger partial charge in [-0.25, -0.2) is 9.78 Å². The molecule has 0 saturated carbocycles. The summed E-state index contributed by atoms with van der Waals surface area (Å²) in [6.07, 6.45) is 1.33. The van der Waals surface area contributed by atoms with Crippen molar-refractivity contribution in [2.24, 2.45) is 5.10 Å². The van der Waals surface area contributed by atoms with E-state index in [1.807, 2.05) is 0 Å². The van der Waals surface area contributed by atoms with Crippen molar-refractivity contribution in [3.05, 3.63) is 107 Å². The number of aromatic nitrogens is 2. The van der Waals surface area contributed by atoms with E-state index in [0.717, 1.165) is 9.15 Å². The lowest BCUT2D eigenvalue weighted by Crippen LogP contribution is -2.20. The zero-order valence-electron chi connectivity index (χ0n) is 18.5. The molecule has 0 saturated heterocycles. The molecule has 3 aromatic carbocycles. The van der Waals surface area contributed by atoms with Gasteiger partial charge in [-0.05, 0) is 64.8 Å². The van der Waals surface area contributed by atoms with Gasteiger partial charge in [0, 0.05) is 16.1 Å². The van der Waals surface area contributed by atoms with Crippen LogP contribution in [0.25, 0.3) is 10.9 Å². The third-order valence-electron chi connectivity index (χ3n) is 5.12. The number of nitro groups is 1.